The van der Waals surface area contributed by atoms with E-state index in [0.717, 1.165) is 11.3 Å². The lowest BCUT2D eigenvalue weighted by Gasteiger charge is -2.30. The van der Waals surface area contributed by atoms with Crippen LogP contribution in [0.15, 0.2) is 55.1 Å². The number of rotatable bonds is 3. The molecule has 0 saturated carbocycles. The van der Waals surface area contributed by atoms with Gasteiger partial charge in [0, 0.05) is 11.6 Å². The molecule has 21 heavy (non-hydrogen) atoms. The van der Waals surface area contributed by atoms with E-state index in [2.05, 4.69) is 61.1 Å². The molecule has 0 bridgehead atoms. The lowest BCUT2D eigenvalue weighted by atomic mass is 9.86. The van der Waals surface area contributed by atoms with Crippen LogP contribution in [0.1, 0.15) is 30.7 Å². The number of nitrogens with one attached hydrogen (secondary N) is 1. The molecule has 2 aromatic rings. The van der Waals surface area contributed by atoms with Crippen LogP contribution in [0.2, 0.25) is 0 Å². The Morgan fingerprint density at radius 1 is 1.14 bits per heavy atom. The van der Waals surface area contributed by atoms with Gasteiger partial charge in [-0.2, -0.15) is 0 Å². The topological polar surface area (TPSA) is 34.1 Å². The fourth-order valence-corrected chi connectivity index (χ4v) is 3.15. The predicted molar refractivity (Wildman–Crippen MR) is 84.4 cm³/mol. The summed E-state index contributed by atoms with van der Waals surface area (Å²) in [5.74, 6) is 0.626. The number of aromatic nitrogens is 1. The van der Waals surface area contributed by atoms with Crippen LogP contribution in [0.4, 0.5) is 0 Å². The van der Waals surface area contributed by atoms with Crippen LogP contribution in [0.25, 0.3) is 0 Å². The number of benzene rings is 1. The third-order valence-electron chi connectivity index (χ3n) is 4.38. The minimum atomic E-state index is -0.380. The highest BCUT2D eigenvalue weighted by Crippen LogP contribution is 2.44. The molecule has 0 radical (unpaired) electrons. The minimum absolute atomic E-state index is 0.293. The Morgan fingerprint density at radius 2 is 1.86 bits per heavy atom. The molecular formula is C18H20N2O. The summed E-state index contributed by atoms with van der Waals surface area (Å²) in [5, 5.41) is 3.69. The maximum atomic E-state index is 5.28. The molecule has 2 atom stereocenters. The smallest absolute Gasteiger partial charge is 0.213 e. The van der Waals surface area contributed by atoms with Gasteiger partial charge in [-0.15, -0.1) is 6.58 Å². The number of ether oxygens (including phenoxy) is 1. The van der Waals surface area contributed by atoms with Gasteiger partial charge in [0.05, 0.1) is 23.9 Å². The van der Waals surface area contributed by atoms with Crippen LogP contribution >= 0.6 is 0 Å². The third-order valence-corrected chi connectivity index (χ3v) is 4.38. The van der Waals surface area contributed by atoms with Gasteiger partial charge in [-0.25, -0.2) is 4.98 Å². The summed E-state index contributed by atoms with van der Waals surface area (Å²) in [5.41, 5.74) is 2.68. The summed E-state index contributed by atoms with van der Waals surface area (Å²) in [6.45, 7) is 8.27. The Hall–Kier alpha value is -2.13. The Bertz CT molecular complexity index is 683. The molecule has 1 aromatic carbocycles. The number of fused-ring (bicyclic) bond motifs is 1. The molecule has 3 rings (SSSR count). The zero-order valence-corrected chi connectivity index (χ0v) is 12.7. The van der Waals surface area contributed by atoms with E-state index in [1.54, 1.807) is 7.11 Å². The SMILES string of the molecule is C=CC1(C)NC(C)(c2ccccc2)c2ccc(OC)nc21. The van der Waals surface area contributed by atoms with Gasteiger partial charge in [-0.05, 0) is 25.5 Å². The summed E-state index contributed by atoms with van der Waals surface area (Å²) in [4.78, 5) is 4.66. The van der Waals surface area contributed by atoms with Gasteiger partial charge in [0.25, 0.3) is 0 Å². The first-order valence-corrected chi connectivity index (χ1v) is 7.08. The van der Waals surface area contributed by atoms with Crippen LogP contribution in [-0.4, -0.2) is 12.1 Å². The van der Waals surface area contributed by atoms with Gasteiger partial charge >= 0.3 is 0 Å². The van der Waals surface area contributed by atoms with Crippen molar-refractivity contribution in [1.82, 2.24) is 10.3 Å². The number of pyridine rings is 1. The van der Waals surface area contributed by atoms with E-state index in [1.807, 2.05) is 18.2 Å². The Balaban J connectivity index is 2.23. The predicted octanol–water partition coefficient (Wildman–Crippen LogP) is 3.36. The number of hydrogen-bond donors (Lipinski definition) is 1. The fourth-order valence-electron chi connectivity index (χ4n) is 3.15. The minimum Gasteiger partial charge on any atom is -0.481 e. The van der Waals surface area contributed by atoms with Crippen molar-refractivity contribution in [1.29, 1.82) is 0 Å². The van der Waals surface area contributed by atoms with E-state index in [1.165, 1.54) is 5.56 Å². The molecule has 3 heteroatoms. The molecule has 108 valence electrons. The second kappa shape index (κ2) is 4.71. The Kier molecular flexibility index (Phi) is 3.10. The van der Waals surface area contributed by atoms with E-state index in [0.29, 0.717) is 5.88 Å². The number of hydrogen-bond acceptors (Lipinski definition) is 3. The Labute approximate surface area is 125 Å². The fraction of sp³-hybridized carbons (Fsp3) is 0.278. The summed E-state index contributed by atoms with van der Waals surface area (Å²) in [6, 6.07) is 14.4. The van der Waals surface area contributed by atoms with Crippen molar-refractivity contribution >= 4 is 0 Å². The lowest BCUT2D eigenvalue weighted by molar-refractivity contribution is 0.365. The van der Waals surface area contributed by atoms with Crippen molar-refractivity contribution in [3.05, 3.63) is 71.9 Å². The van der Waals surface area contributed by atoms with Crippen molar-refractivity contribution in [3.8, 4) is 5.88 Å². The molecule has 0 spiro atoms. The molecule has 0 saturated heterocycles. The van der Waals surface area contributed by atoms with Crippen molar-refractivity contribution in [2.24, 2.45) is 0 Å². The first-order chi connectivity index (χ1) is 10.0. The number of nitrogens with zero attached hydrogens (tertiary/aromatic N) is 1. The van der Waals surface area contributed by atoms with Gasteiger partial charge in [0.1, 0.15) is 0 Å². The van der Waals surface area contributed by atoms with Crippen molar-refractivity contribution in [2.45, 2.75) is 24.9 Å². The monoisotopic (exact) mass is 280 g/mol. The van der Waals surface area contributed by atoms with E-state index >= 15 is 0 Å². The third kappa shape index (κ3) is 1.96. The van der Waals surface area contributed by atoms with E-state index in [-0.39, 0.29) is 11.1 Å². The molecule has 0 fully saturated rings. The summed E-state index contributed by atoms with van der Waals surface area (Å²) >= 11 is 0. The molecule has 0 aliphatic carbocycles. The lowest BCUT2D eigenvalue weighted by Crippen LogP contribution is -2.43. The largest absolute Gasteiger partial charge is 0.481 e. The summed E-state index contributed by atoms with van der Waals surface area (Å²) in [6.07, 6.45) is 1.91. The highest BCUT2D eigenvalue weighted by Gasteiger charge is 2.47. The van der Waals surface area contributed by atoms with Crippen molar-refractivity contribution in [3.63, 3.8) is 0 Å². The molecule has 1 aliphatic heterocycles. The highest BCUT2D eigenvalue weighted by molar-refractivity contribution is 5.50. The summed E-state index contributed by atoms with van der Waals surface area (Å²) < 4.78 is 5.28. The molecule has 2 heterocycles. The zero-order valence-electron chi connectivity index (χ0n) is 12.7. The van der Waals surface area contributed by atoms with Gasteiger partial charge in [0.15, 0.2) is 0 Å². The second-order valence-electron chi connectivity index (χ2n) is 5.77. The van der Waals surface area contributed by atoms with Crippen LogP contribution in [0.3, 0.4) is 0 Å². The van der Waals surface area contributed by atoms with Gasteiger partial charge in [-0.1, -0.05) is 36.4 Å². The van der Waals surface area contributed by atoms with Crippen LogP contribution in [0, 0.1) is 0 Å². The normalized spacial score (nSPS) is 27.2. The molecule has 0 amide bonds. The van der Waals surface area contributed by atoms with Crippen molar-refractivity contribution < 1.29 is 4.74 Å². The first kappa shape index (κ1) is 13.8. The van der Waals surface area contributed by atoms with Gasteiger partial charge < -0.3 is 4.74 Å². The van der Waals surface area contributed by atoms with Crippen LogP contribution in [-0.2, 0) is 11.1 Å². The Morgan fingerprint density at radius 3 is 2.48 bits per heavy atom. The van der Waals surface area contributed by atoms with Crippen molar-refractivity contribution in [2.75, 3.05) is 7.11 Å². The first-order valence-electron chi connectivity index (χ1n) is 7.08. The van der Waals surface area contributed by atoms with Crippen LogP contribution in [0.5, 0.6) is 5.88 Å². The molecule has 3 nitrogen and oxygen atoms in total. The average molecular weight is 280 g/mol. The highest BCUT2D eigenvalue weighted by atomic mass is 16.5. The maximum absolute atomic E-state index is 5.28. The maximum Gasteiger partial charge on any atom is 0.213 e. The molecule has 1 N–H and O–H groups in total. The standard InChI is InChI=1S/C18H20N2O/c1-5-17(2)16-14(11-12-15(19-16)21-4)18(3,20-17)13-9-7-6-8-10-13/h5-12,20H,1H2,2-4H3. The van der Waals surface area contributed by atoms with E-state index < -0.39 is 0 Å². The average Bonchev–Trinajstić information content (AvgIpc) is 2.77. The molecule has 1 aliphatic rings. The van der Waals surface area contributed by atoms with Gasteiger partial charge in [-0.3, -0.25) is 5.32 Å². The molecule has 2 unspecified atom stereocenters. The quantitative estimate of drug-likeness (QED) is 0.875. The van der Waals surface area contributed by atoms with E-state index in [9.17, 15) is 0 Å². The summed E-state index contributed by atoms with van der Waals surface area (Å²) in [7, 11) is 1.64. The second-order valence-corrected chi connectivity index (χ2v) is 5.77. The van der Waals surface area contributed by atoms with E-state index in [4.69, 9.17) is 4.74 Å². The van der Waals surface area contributed by atoms with Crippen LogP contribution < -0.4 is 10.1 Å². The van der Waals surface area contributed by atoms with Gasteiger partial charge in [0.2, 0.25) is 5.88 Å². The molecular weight excluding hydrogens is 260 g/mol. The zero-order chi connectivity index (χ0) is 15.1. The molecule has 1 aromatic heterocycles. The number of methoxy groups -OCH3 is 1.